The molecule has 0 aliphatic heterocycles. The lowest BCUT2D eigenvalue weighted by molar-refractivity contribution is 0.267. The molecule has 1 aromatic rings. The van der Waals surface area contributed by atoms with Crippen LogP contribution >= 0.6 is 0 Å². The molecule has 0 saturated heterocycles. The van der Waals surface area contributed by atoms with E-state index in [1.165, 1.54) is 11.1 Å². The summed E-state index contributed by atoms with van der Waals surface area (Å²) in [7, 11) is 0. The second-order valence-corrected chi connectivity index (χ2v) is 5.62. The van der Waals surface area contributed by atoms with Crippen LogP contribution in [0, 0.1) is 5.92 Å². The molecule has 2 N–H and O–H groups in total. The van der Waals surface area contributed by atoms with Gasteiger partial charge in [-0.15, -0.1) is 0 Å². The van der Waals surface area contributed by atoms with Gasteiger partial charge in [0.25, 0.3) is 0 Å². The van der Waals surface area contributed by atoms with Crippen molar-refractivity contribution in [2.24, 2.45) is 11.7 Å². The van der Waals surface area contributed by atoms with Crippen molar-refractivity contribution in [2.75, 3.05) is 13.2 Å². The molecule has 1 aromatic carbocycles. The lowest BCUT2D eigenvalue weighted by atomic mass is 9.98. The molecule has 0 amide bonds. The maximum absolute atomic E-state index is 5.89. The highest BCUT2D eigenvalue weighted by atomic mass is 16.5. The van der Waals surface area contributed by atoms with Crippen molar-refractivity contribution in [3.05, 3.63) is 29.3 Å². The molecule has 0 aliphatic rings. The van der Waals surface area contributed by atoms with Crippen LogP contribution in [0.25, 0.3) is 0 Å². The van der Waals surface area contributed by atoms with Crippen molar-refractivity contribution in [1.29, 1.82) is 0 Å². The van der Waals surface area contributed by atoms with Crippen LogP contribution in [0.5, 0.6) is 5.75 Å². The van der Waals surface area contributed by atoms with Crippen LogP contribution < -0.4 is 10.5 Å². The summed E-state index contributed by atoms with van der Waals surface area (Å²) in [5.41, 5.74) is 8.23. The Morgan fingerprint density at radius 3 is 2.44 bits per heavy atom. The van der Waals surface area contributed by atoms with Crippen LogP contribution in [-0.2, 0) is 6.42 Å². The van der Waals surface area contributed by atoms with Gasteiger partial charge in [-0.05, 0) is 48.4 Å². The van der Waals surface area contributed by atoms with Crippen LogP contribution in [0.4, 0.5) is 0 Å². The third-order valence-electron chi connectivity index (χ3n) is 2.94. The third kappa shape index (κ3) is 4.69. The third-order valence-corrected chi connectivity index (χ3v) is 2.94. The molecule has 2 heteroatoms. The van der Waals surface area contributed by atoms with Crippen LogP contribution in [0.15, 0.2) is 18.2 Å². The predicted molar refractivity (Wildman–Crippen MR) is 78.2 cm³/mol. The Kier molecular flexibility index (Phi) is 6.20. The fourth-order valence-corrected chi connectivity index (χ4v) is 1.90. The number of ether oxygens (including phenoxy) is 1. The lowest BCUT2D eigenvalue weighted by Gasteiger charge is -2.16. The largest absolute Gasteiger partial charge is 0.493 e. The number of hydrogen-bond acceptors (Lipinski definition) is 2. The second kappa shape index (κ2) is 7.42. The van der Waals surface area contributed by atoms with Crippen molar-refractivity contribution in [2.45, 2.75) is 46.5 Å². The van der Waals surface area contributed by atoms with E-state index in [0.29, 0.717) is 11.8 Å². The second-order valence-electron chi connectivity index (χ2n) is 5.62. The molecule has 0 atom stereocenters. The summed E-state index contributed by atoms with van der Waals surface area (Å²) in [6, 6.07) is 6.55. The van der Waals surface area contributed by atoms with Gasteiger partial charge in [-0.1, -0.05) is 39.8 Å². The van der Waals surface area contributed by atoms with Crippen LogP contribution in [0.2, 0.25) is 0 Å². The van der Waals surface area contributed by atoms with Crippen LogP contribution in [-0.4, -0.2) is 13.2 Å². The molecule has 1 rings (SSSR count). The minimum absolute atomic E-state index is 0.491. The van der Waals surface area contributed by atoms with Gasteiger partial charge in [-0.3, -0.25) is 0 Å². The predicted octanol–water partition coefficient (Wildman–Crippen LogP) is 3.74. The number of rotatable bonds is 7. The first-order valence-corrected chi connectivity index (χ1v) is 7.00. The zero-order chi connectivity index (χ0) is 13.5. The Balaban J connectivity index is 2.83. The van der Waals surface area contributed by atoms with Gasteiger partial charge < -0.3 is 10.5 Å². The van der Waals surface area contributed by atoms with E-state index in [1.807, 2.05) is 0 Å². The van der Waals surface area contributed by atoms with Crippen LogP contribution in [0.1, 0.15) is 51.2 Å². The normalized spacial score (nSPS) is 11.3. The molecule has 0 aliphatic carbocycles. The molecule has 0 aromatic heterocycles. The van der Waals surface area contributed by atoms with E-state index in [1.54, 1.807) is 0 Å². The standard InChI is InChI=1S/C16H27NO/c1-12(2)11-18-16-8-7-14(6-5-9-17)10-15(16)13(3)4/h7-8,10,12-13H,5-6,9,11,17H2,1-4H3. The molecule has 0 unspecified atom stereocenters. The van der Waals surface area contributed by atoms with Crippen molar-refractivity contribution in [3.8, 4) is 5.75 Å². The molecular formula is C16H27NO. The first-order chi connectivity index (χ1) is 8.54. The molecule has 18 heavy (non-hydrogen) atoms. The van der Waals surface area contributed by atoms with Gasteiger partial charge in [0.2, 0.25) is 0 Å². The van der Waals surface area contributed by atoms with Crippen LogP contribution in [0.3, 0.4) is 0 Å². The Labute approximate surface area is 112 Å². The summed E-state index contributed by atoms with van der Waals surface area (Å²) in [6.07, 6.45) is 2.10. The molecule has 0 bridgehead atoms. The van der Waals surface area contributed by atoms with Crippen molar-refractivity contribution < 1.29 is 4.74 Å². The molecule has 0 heterocycles. The first kappa shape index (κ1) is 15.0. The fraction of sp³-hybridized carbons (Fsp3) is 0.625. The van der Waals surface area contributed by atoms with Gasteiger partial charge in [0, 0.05) is 0 Å². The summed E-state index contributed by atoms with van der Waals surface area (Å²) >= 11 is 0. The number of aryl methyl sites for hydroxylation is 1. The van der Waals surface area contributed by atoms with Crippen molar-refractivity contribution >= 4 is 0 Å². The van der Waals surface area contributed by atoms with E-state index >= 15 is 0 Å². The van der Waals surface area contributed by atoms with E-state index in [2.05, 4.69) is 45.9 Å². The minimum atomic E-state index is 0.491. The van der Waals surface area contributed by atoms with Gasteiger partial charge in [-0.2, -0.15) is 0 Å². The van der Waals surface area contributed by atoms with Gasteiger partial charge in [0.1, 0.15) is 5.75 Å². The number of hydrogen-bond donors (Lipinski definition) is 1. The first-order valence-electron chi connectivity index (χ1n) is 7.00. The van der Waals surface area contributed by atoms with Gasteiger partial charge in [0.15, 0.2) is 0 Å². The zero-order valence-corrected chi connectivity index (χ0v) is 12.2. The fourth-order valence-electron chi connectivity index (χ4n) is 1.90. The molecule has 102 valence electrons. The Bertz CT molecular complexity index is 358. The molecule has 0 saturated carbocycles. The van der Waals surface area contributed by atoms with E-state index in [0.717, 1.165) is 31.7 Å². The quantitative estimate of drug-likeness (QED) is 0.799. The highest BCUT2D eigenvalue weighted by molar-refractivity contribution is 5.39. The molecular weight excluding hydrogens is 222 g/mol. The zero-order valence-electron chi connectivity index (χ0n) is 12.2. The summed E-state index contributed by atoms with van der Waals surface area (Å²) < 4.78 is 5.89. The highest BCUT2D eigenvalue weighted by Crippen LogP contribution is 2.28. The Morgan fingerprint density at radius 1 is 1.17 bits per heavy atom. The summed E-state index contributed by atoms with van der Waals surface area (Å²) in [4.78, 5) is 0. The van der Waals surface area contributed by atoms with Gasteiger partial charge >= 0.3 is 0 Å². The maximum atomic E-state index is 5.89. The molecule has 0 fully saturated rings. The SMILES string of the molecule is CC(C)COc1ccc(CCCN)cc1C(C)C. The maximum Gasteiger partial charge on any atom is 0.122 e. The molecule has 0 radical (unpaired) electrons. The van der Waals surface area contributed by atoms with E-state index in [-0.39, 0.29) is 0 Å². The van der Waals surface area contributed by atoms with Gasteiger partial charge in [0.05, 0.1) is 6.61 Å². The van der Waals surface area contributed by atoms with E-state index < -0.39 is 0 Å². The Morgan fingerprint density at radius 2 is 1.89 bits per heavy atom. The average Bonchev–Trinajstić information content (AvgIpc) is 2.34. The summed E-state index contributed by atoms with van der Waals surface area (Å²) in [5.74, 6) is 2.09. The number of nitrogens with two attached hydrogens (primary N) is 1. The van der Waals surface area contributed by atoms with E-state index in [4.69, 9.17) is 10.5 Å². The summed E-state index contributed by atoms with van der Waals surface area (Å²) in [5, 5.41) is 0. The van der Waals surface area contributed by atoms with Gasteiger partial charge in [-0.25, -0.2) is 0 Å². The highest BCUT2D eigenvalue weighted by Gasteiger charge is 2.09. The van der Waals surface area contributed by atoms with E-state index in [9.17, 15) is 0 Å². The molecule has 0 spiro atoms. The summed E-state index contributed by atoms with van der Waals surface area (Å²) in [6.45, 7) is 10.3. The number of benzene rings is 1. The molecule has 2 nitrogen and oxygen atoms in total. The topological polar surface area (TPSA) is 35.2 Å². The smallest absolute Gasteiger partial charge is 0.122 e. The van der Waals surface area contributed by atoms with Crippen molar-refractivity contribution in [3.63, 3.8) is 0 Å². The average molecular weight is 249 g/mol. The monoisotopic (exact) mass is 249 g/mol. The Hall–Kier alpha value is -1.02. The van der Waals surface area contributed by atoms with Crippen molar-refractivity contribution in [1.82, 2.24) is 0 Å². The lowest BCUT2D eigenvalue weighted by Crippen LogP contribution is -2.07. The minimum Gasteiger partial charge on any atom is -0.493 e.